The largest absolute Gasteiger partial charge is 0.379 e. The lowest BCUT2D eigenvalue weighted by atomic mass is 10.2. The molecule has 0 aliphatic carbocycles. The summed E-state index contributed by atoms with van der Waals surface area (Å²) in [6.45, 7) is 2.80. The molecule has 0 saturated heterocycles. The fraction of sp³-hybridized carbons (Fsp3) is 0.364. The maximum atomic E-state index is 11.2. The van der Waals surface area contributed by atoms with Gasteiger partial charge in [0, 0.05) is 29.1 Å². The maximum Gasteiger partial charge on any atom is 0.293 e. The third kappa shape index (κ3) is 4.47. The van der Waals surface area contributed by atoms with E-state index in [9.17, 15) is 14.9 Å². The Morgan fingerprint density at radius 3 is 2.83 bits per heavy atom. The fourth-order valence-electron chi connectivity index (χ4n) is 1.40. The van der Waals surface area contributed by atoms with Crippen LogP contribution in [0.3, 0.4) is 0 Å². The number of benzene rings is 1. The molecule has 0 fully saturated rings. The van der Waals surface area contributed by atoms with E-state index in [1.54, 1.807) is 12.1 Å². The molecule has 0 heterocycles. The average Bonchev–Trinajstić information content (AvgIpc) is 2.31. The van der Waals surface area contributed by atoms with Crippen LogP contribution in [0.1, 0.15) is 13.3 Å². The van der Waals surface area contributed by atoms with E-state index in [-0.39, 0.29) is 18.0 Å². The highest BCUT2D eigenvalue weighted by Gasteiger charge is 2.13. The van der Waals surface area contributed by atoms with E-state index < -0.39 is 4.92 Å². The smallest absolute Gasteiger partial charge is 0.293 e. The van der Waals surface area contributed by atoms with Crippen LogP contribution < -0.4 is 10.6 Å². The molecule has 6 nitrogen and oxygen atoms in total. The molecular formula is C11H14IN3O3. The number of amides is 1. The molecule has 0 saturated carbocycles. The fourth-order valence-corrected chi connectivity index (χ4v) is 1.88. The lowest BCUT2D eigenvalue weighted by Crippen LogP contribution is -2.24. The van der Waals surface area contributed by atoms with Crippen LogP contribution in [0.25, 0.3) is 0 Å². The topological polar surface area (TPSA) is 84.3 Å². The summed E-state index contributed by atoms with van der Waals surface area (Å²) in [7, 11) is 0. The Hall–Kier alpha value is -1.38. The second-order valence-electron chi connectivity index (χ2n) is 3.55. The number of hydrogen-bond acceptors (Lipinski definition) is 4. The van der Waals surface area contributed by atoms with Gasteiger partial charge in [0.05, 0.1) is 4.92 Å². The van der Waals surface area contributed by atoms with E-state index in [2.05, 4.69) is 10.6 Å². The van der Waals surface area contributed by atoms with Gasteiger partial charge in [-0.1, -0.05) is 0 Å². The molecule has 98 valence electrons. The first-order chi connectivity index (χ1) is 8.54. The molecule has 1 rings (SSSR count). The van der Waals surface area contributed by atoms with Crippen LogP contribution in [0.2, 0.25) is 0 Å². The van der Waals surface area contributed by atoms with Gasteiger partial charge < -0.3 is 10.6 Å². The van der Waals surface area contributed by atoms with E-state index >= 15 is 0 Å². The molecule has 1 amide bonds. The molecule has 1 aromatic carbocycles. The number of carbonyl (C=O) groups excluding carboxylic acids is 1. The Bertz CT molecular complexity index is 451. The number of nitrogens with zero attached hydrogens (tertiary/aromatic N) is 1. The molecule has 0 radical (unpaired) electrons. The average molecular weight is 363 g/mol. The number of nitrogens with one attached hydrogen (secondary N) is 2. The van der Waals surface area contributed by atoms with Crippen molar-refractivity contribution in [1.29, 1.82) is 0 Å². The van der Waals surface area contributed by atoms with Gasteiger partial charge in [-0.2, -0.15) is 0 Å². The molecule has 1 aromatic rings. The third-order valence-corrected chi connectivity index (χ3v) is 2.87. The first kappa shape index (κ1) is 14.7. The highest BCUT2D eigenvalue weighted by Crippen LogP contribution is 2.26. The predicted octanol–water partition coefficient (Wildman–Crippen LogP) is 2.14. The molecule has 0 aliphatic rings. The van der Waals surface area contributed by atoms with Crippen LogP contribution in [0, 0.1) is 13.7 Å². The van der Waals surface area contributed by atoms with Crippen molar-refractivity contribution in [2.45, 2.75) is 13.3 Å². The highest BCUT2D eigenvalue weighted by atomic mass is 127. The number of anilines is 1. The van der Waals surface area contributed by atoms with Crippen LogP contribution in [-0.4, -0.2) is 23.9 Å². The number of carbonyl (C=O) groups is 1. The van der Waals surface area contributed by atoms with Gasteiger partial charge >= 0.3 is 0 Å². The summed E-state index contributed by atoms with van der Waals surface area (Å²) in [4.78, 5) is 21.6. The SMILES string of the molecule is CCNC(=O)CCNc1ccc(I)cc1[N+](=O)[O-]. The van der Waals surface area contributed by atoms with Crippen molar-refractivity contribution in [1.82, 2.24) is 5.32 Å². The maximum absolute atomic E-state index is 11.2. The van der Waals surface area contributed by atoms with Crippen molar-refractivity contribution >= 4 is 39.9 Å². The monoisotopic (exact) mass is 363 g/mol. The first-order valence-electron chi connectivity index (χ1n) is 5.49. The molecule has 0 unspecified atom stereocenters. The van der Waals surface area contributed by atoms with Gasteiger partial charge in [0.15, 0.2) is 0 Å². The lowest BCUT2D eigenvalue weighted by Gasteiger charge is -2.07. The minimum absolute atomic E-state index is 0.0257. The van der Waals surface area contributed by atoms with Gasteiger partial charge in [-0.15, -0.1) is 0 Å². The summed E-state index contributed by atoms with van der Waals surface area (Å²) in [5.41, 5.74) is 0.461. The molecule has 7 heteroatoms. The zero-order chi connectivity index (χ0) is 13.5. The van der Waals surface area contributed by atoms with Crippen LogP contribution in [-0.2, 0) is 4.79 Å². The van der Waals surface area contributed by atoms with E-state index in [4.69, 9.17) is 0 Å². The zero-order valence-electron chi connectivity index (χ0n) is 9.90. The van der Waals surface area contributed by atoms with E-state index in [0.717, 1.165) is 3.57 Å². The number of nitro benzene ring substituents is 1. The van der Waals surface area contributed by atoms with Crippen LogP contribution in [0.4, 0.5) is 11.4 Å². The minimum Gasteiger partial charge on any atom is -0.379 e. The van der Waals surface area contributed by atoms with E-state index in [1.807, 2.05) is 29.5 Å². The molecule has 0 aromatic heterocycles. The second kappa shape index (κ2) is 7.14. The Morgan fingerprint density at radius 2 is 2.22 bits per heavy atom. The Morgan fingerprint density at radius 1 is 1.50 bits per heavy atom. The second-order valence-corrected chi connectivity index (χ2v) is 4.79. The molecule has 0 aliphatic heterocycles. The van der Waals surface area contributed by atoms with Crippen molar-refractivity contribution in [3.63, 3.8) is 0 Å². The quantitative estimate of drug-likeness (QED) is 0.461. The molecule has 2 N–H and O–H groups in total. The number of nitro groups is 1. The third-order valence-electron chi connectivity index (χ3n) is 2.20. The van der Waals surface area contributed by atoms with Gasteiger partial charge in [0.1, 0.15) is 5.69 Å². The summed E-state index contributed by atoms with van der Waals surface area (Å²) in [6, 6.07) is 4.93. The summed E-state index contributed by atoms with van der Waals surface area (Å²) in [5.74, 6) is -0.0711. The summed E-state index contributed by atoms with van der Waals surface area (Å²) < 4.78 is 0.800. The number of rotatable bonds is 6. The van der Waals surface area contributed by atoms with E-state index in [1.165, 1.54) is 6.07 Å². The molecule has 0 atom stereocenters. The molecular weight excluding hydrogens is 349 g/mol. The van der Waals surface area contributed by atoms with Gasteiger partial charge in [-0.3, -0.25) is 14.9 Å². The van der Waals surface area contributed by atoms with Crippen molar-refractivity contribution in [3.8, 4) is 0 Å². The normalized spacial score (nSPS) is 9.89. The Kier molecular flexibility index (Phi) is 5.83. The predicted molar refractivity (Wildman–Crippen MR) is 77.6 cm³/mol. The van der Waals surface area contributed by atoms with Crippen molar-refractivity contribution < 1.29 is 9.72 Å². The standard InChI is InChI=1S/C11H14IN3O3/c1-2-13-11(16)5-6-14-9-4-3-8(12)7-10(9)15(17)18/h3-4,7,14H,2,5-6H2,1H3,(H,13,16). The van der Waals surface area contributed by atoms with Crippen molar-refractivity contribution in [3.05, 3.63) is 31.9 Å². The number of hydrogen-bond donors (Lipinski definition) is 2. The Labute approximate surface area is 118 Å². The zero-order valence-corrected chi connectivity index (χ0v) is 12.1. The van der Waals surface area contributed by atoms with Gasteiger partial charge in [0.2, 0.25) is 5.91 Å². The van der Waals surface area contributed by atoms with Crippen LogP contribution in [0.15, 0.2) is 18.2 Å². The number of halogens is 1. The summed E-state index contributed by atoms with van der Waals surface area (Å²) in [5, 5.41) is 16.4. The van der Waals surface area contributed by atoms with Gasteiger partial charge in [-0.25, -0.2) is 0 Å². The minimum atomic E-state index is -0.434. The molecule has 0 bridgehead atoms. The summed E-state index contributed by atoms with van der Waals surface area (Å²) >= 11 is 2.02. The van der Waals surface area contributed by atoms with Gasteiger partial charge in [-0.05, 0) is 41.6 Å². The van der Waals surface area contributed by atoms with Crippen molar-refractivity contribution in [2.75, 3.05) is 18.4 Å². The van der Waals surface area contributed by atoms with E-state index in [0.29, 0.717) is 18.8 Å². The lowest BCUT2D eigenvalue weighted by molar-refractivity contribution is -0.384. The Balaban J connectivity index is 2.62. The van der Waals surface area contributed by atoms with Crippen LogP contribution in [0.5, 0.6) is 0 Å². The highest BCUT2D eigenvalue weighted by molar-refractivity contribution is 14.1. The molecule has 0 spiro atoms. The molecule has 18 heavy (non-hydrogen) atoms. The first-order valence-corrected chi connectivity index (χ1v) is 6.57. The van der Waals surface area contributed by atoms with Crippen LogP contribution >= 0.6 is 22.6 Å². The van der Waals surface area contributed by atoms with Crippen molar-refractivity contribution in [2.24, 2.45) is 0 Å². The van der Waals surface area contributed by atoms with Gasteiger partial charge in [0.25, 0.3) is 5.69 Å². The summed E-state index contributed by atoms with van der Waals surface area (Å²) in [6.07, 6.45) is 0.289.